The molecule has 0 aliphatic rings. The Morgan fingerprint density at radius 2 is 0.800 bits per heavy atom. The Labute approximate surface area is 170 Å². The lowest BCUT2D eigenvalue weighted by atomic mass is 10.3. The minimum atomic E-state index is -3.24. The highest BCUT2D eigenvalue weighted by molar-refractivity contribution is 7.07. The zero-order valence-electron chi connectivity index (χ0n) is 15.6. The highest BCUT2D eigenvalue weighted by Crippen LogP contribution is 2.17. The van der Waals surface area contributed by atoms with Gasteiger partial charge in [0.25, 0.3) is 25.4 Å². The summed E-state index contributed by atoms with van der Waals surface area (Å²) in [7, 11) is -1.76. The number of nitro benzene ring substituents is 3. The molecule has 0 heterocycles. The highest BCUT2D eigenvalue weighted by atomic mass is 28.4. The first-order valence-corrected chi connectivity index (χ1v) is 10.5. The van der Waals surface area contributed by atoms with Gasteiger partial charge in [-0.15, -0.1) is 0 Å². The van der Waals surface area contributed by atoms with Crippen LogP contribution in [-0.2, 0) is 4.43 Å². The molecular formula is C19H15N3O7Si. The second-order valence-corrected chi connectivity index (χ2v) is 9.80. The van der Waals surface area contributed by atoms with E-state index in [1.807, 2.05) is 0 Å². The van der Waals surface area contributed by atoms with Crippen LogP contribution in [0.5, 0.6) is 0 Å². The molecule has 3 rings (SSSR count). The lowest BCUT2D eigenvalue weighted by Crippen LogP contribution is -2.68. The molecule has 0 atom stereocenters. The maximum atomic E-state index is 11.0. The minimum absolute atomic E-state index is 0.0925. The van der Waals surface area contributed by atoms with E-state index < -0.39 is 23.1 Å². The van der Waals surface area contributed by atoms with E-state index in [2.05, 4.69) is 0 Å². The monoisotopic (exact) mass is 425 g/mol. The molecule has 0 amide bonds. The van der Waals surface area contributed by atoms with Crippen LogP contribution in [0.25, 0.3) is 0 Å². The molecular weight excluding hydrogens is 410 g/mol. The Balaban J connectivity index is 2.23. The van der Waals surface area contributed by atoms with Crippen LogP contribution in [0.2, 0.25) is 0 Å². The van der Waals surface area contributed by atoms with E-state index in [9.17, 15) is 30.3 Å². The predicted octanol–water partition coefficient (Wildman–Crippen LogP) is 2.02. The quantitative estimate of drug-likeness (QED) is 0.244. The zero-order chi connectivity index (χ0) is 21.9. The molecule has 10 nitrogen and oxygen atoms in total. The summed E-state index contributed by atoms with van der Waals surface area (Å²) in [4.78, 5) is 31.5. The average Bonchev–Trinajstić information content (AvgIpc) is 2.75. The molecule has 152 valence electrons. The van der Waals surface area contributed by atoms with Crippen molar-refractivity contribution >= 4 is 40.9 Å². The van der Waals surface area contributed by atoms with Crippen molar-refractivity contribution in [1.82, 2.24) is 0 Å². The molecule has 0 saturated heterocycles. The van der Waals surface area contributed by atoms with Crippen molar-refractivity contribution in [2.24, 2.45) is 0 Å². The van der Waals surface area contributed by atoms with Crippen LogP contribution in [0.4, 0.5) is 17.1 Å². The number of hydrogen-bond donors (Lipinski definition) is 0. The largest absolute Gasteiger partial charge is 0.408 e. The first-order valence-electron chi connectivity index (χ1n) is 8.59. The Bertz CT molecular complexity index is 961. The van der Waals surface area contributed by atoms with Crippen LogP contribution in [0, 0.1) is 30.3 Å². The average molecular weight is 425 g/mol. The van der Waals surface area contributed by atoms with E-state index in [4.69, 9.17) is 4.43 Å². The molecule has 0 N–H and O–H groups in total. The van der Waals surface area contributed by atoms with Crippen LogP contribution < -0.4 is 15.6 Å². The second kappa shape index (κ2) is 8.19. The van der Waals surface area contributed by atoms with Crippen molar-refractivity contribution in [3.05, 3.63) is 103 Å². The smallest absolute Gasteiger partial charge is 0.288 e. The molecule has 0 fully saturated rings. The Hall–Kier alpha value is -3.96. The lowest BCUT2D eigenvalue weighted by molar-refractivity contribution is -0.385. The Morgan fingerprint density at radius 3 is 0.967 bits per heavy atom. The van der Waals surface area contributed by atoms with Gasteiger partial charge in [0.1, 0.15) is 0 Å². The normalized spacial score (nSPS) is 11.1. The SMILES string of the molecule is CO[Si](c1ccc([N+](=O)[O-])cc1)(c1ccc([N+](=O)[O-])cc1)c1ccc([N+](=O)[O-])cc1. The van der Waals surface area contributed by atoms with Crippen molar-refractivity contribution in [2.75, 3.05) is 7.11 Å². The maximum absolute atomic E-state index is 11.0. The van der Waals surface area contributed by atoms with Crippen LogP contribution in [-0.4, -0.2) is 30.2 Å². The predicted molar refractivity (Wildman–Crippen MR) is 111 cm³/mol. The van der Waals surface area contributed by atoms with Crippen LogP contribution in [0.3, 0.4) is 0 Å². The molecule has 0 saturated carbocycles. The summed E-state index contributed by atoms with van der Waals surface area (Å²) in [5.41, 5.74) is -0.277. The van der Waals surface area contributed by atoms with E-state index >= 15 is 0 Å². The summed E-state index contributed by atoms with van der Waals surface area (Å²) >= 11 is 0. The van der Waals surface area contributed by atoms with Crippen molar-refractivity contribution in [1.29, 1.82) is 0 Å². The number of non-ortho nitro benzene ring substituents is 3. The molecule has 30 heavy (non-hydrogen) atoms. The van der Waals surface area contributed by atoms with Crippen LogP contribution in [0.15, 0.2) is 72.8 Å². The van der Waals surface area contributed by atoms with E-state index in [0.717, 1.165) is 0 Å². The maximum Gasteiger partial charge on any atom is 0.288 e. The third-order valence-corrected chi connectivity index (χ3v) is 8.81. The number of benzene rings is 3. The molecule has 0 unspecified atom stereocenters. The highest BCUT2D eigenvalue weighted by Gasteiger charge is 2.41. The topological polar surface area (TPSA) is 139 Å². The zero-order valence-corrected chi connectivity index (χ0v) is 16.6. The fraction of sp³-hybridized carbons (Fsp3) is 0.0526. The molecule has 0 bridgehead atoms. The van der Waals surface area contributed by atoms with Gasteiger partial charge in [-0.05, 0) is 15.6 Å². The minimum Gasteiger partial charge on any atom is -0.408 e. The fourth-order valence-electron chi connectivity index (χ4n) is 3.31. The van der Waals surface area contributed by atoms with Crippen molar-refractivity contribution < 1.29 is 19.2 Å². The summed E-state index contributed by atoms with van der Waals surface area (Å²) in [6, 6.07) is 17.6. The van der Waals surface area contributed by atoms with E-state index in [-0.39, 0.29) is 17.1 Å². The lowest BCUT2D eigenvalue weighted by Gasteiger charge is -2.31. The molecule has 0 aromatic heterocycles. The first-order chi connectivity index (χ1) is 14.3. The second-order valence-electron chi connectivity index (χ2n) is 6.30. The van der Waals surface area contributed by atoms with Crippen molar-refractivity contribution in [3.8, 4) is 0 Å². The van der Waals surface area contributed by atoms with Crippen LogP contribution in [0.1, 0.15) is 0 Å². The van der Waals surface area contributed by atoms with Crippen LogP contribution >= 0.6 is 0 Å². The molecule has 0 aliphatic heterocycles. The molecule has 0 radical (unpaired) electrons. The number of nitro groups is 3. The summed E-state index contributed by atoms with van der Waals surface area (Å²) < 4.78 is 6.03. The van der Waals surface area contributed by atoms with Gasteiger partial charge in [0.15, 0.2) is 0 Å². The number of nitrogens with zero attached hydrogens (tertiary/aromatic N) is 3. The van der Waals surface area contributed by atoms with Crippen molar-refractivity contribution in [2.45, 2.75) is 0 Å². The summed E-state index contributed by atoms with van der Waals surface area (Å²) in [6.07, 6.45) is 0. The summed E-state index contributed by atoms with van der Waals surface area (Å²) in [5, 5.41) is 35.0. The molecule has 3 aromatic carbocycles. The number of rotatable bonds is 7. The third kappa shape index (κ3) is 3.66. The number of hydrogen-bond acceptors (Lipinski definition) is 7. The summed E-state index contributed by atoms with van der Waals surface area (Å²) in [6.45, 7) is 0. The molecule has 0 aliphatic carbocycles. The van der Waals surface area contributed by atoms with Gasteiger partial charge in [0.2, 0.25) is 0 Å². The van der Waals surface area contributed by atoms with Gasteiger partial charge in [-0.1, -0.05) is 36.4 Å². The standard InChI is InChI=1S/C19H15N3O7Si/c1-29-30(17-8-2-14(3-9-17)20(23)24,18-10-4-15(5-11-18)21(25)26)19-12-6-16(7-13-19)22(27)28/h2-13H,1H3. The molecule has 0 spiro atoms. The van der Waals surface area contributed by atoms with E-state index in [0.29, 0.717) is 15.6 Å². The van der Waals surface area contributed by atoms with E-state index in [1.54, 1.807) is 36.4 Å². The van der Waals surface area contributed by atoms with Gasteiger partial charge in [0.05, 0.1) is 14.8 Å². The Kier molecular flexibility index (Phi) is 5.67. The summed E-state index contributed by atoms with van der Waals surface area (Å²) in [5.74, 6) is 0. The molecule has 11 heteroatoms. The first kappa shape index (κ1) is 20.8. The van der Waals surface area contributed by atoms with Gasteiger partial charge in [-0.2, -0.15) is 0 Å². The fourth-order valence-corrected chi connectivity index (χ4v) is 6.92. The Morgan fingerprint density at radius 1 is 0.567 bits per heavy atom. The molecule has 3 aromatic rings. The van der Waals surface area contributed by atoms with E-state index in [1.165, 1.54) is 43.5 Å². The van der Waals surface area contributed by atoms with Gasteiger partial charge in [-0.3, -0.25) is 30.3 Å². The van der Waals surface area contributed by atoms with Gasteiger partial charge in [-0.25, -0.2) is 0 Å². The van der Waals surface area contributed by atoms with Gasteiger partial charge in [0, 0.05) is 43.5 Å². The van der Waals surface area contributed by atoms with Gasteiger partial charge < -0.3 is 4.43 Å². The third-order valence-electron chi connectivity index (χ3n) is 4.76. The van der Waals surface area contributed by atoms with Crippen molar-refractivity contribution in [3.63, 3.8) is 0 Å². The van der Waals surface area contributed by atoms with Gasteiger partial charge >= 0.3 is 0 Å².